The van der Waals surface area contributed by atoms with Crippen LogP contribution >= 0.6 is 27.5 Å². The Labute approximate surface area is 95.9 Å². The number of pyridine rings is 1. The number of ether oxygens (including phenoxy) is 1. The van der Waals surface area contributed by atoms with Crippen molar-refractivity contribution in [1.82, 2.24) is 10.3 Å². The molecule has 0 radical (unpaired) electrons. The number of nitrogens with one attached hydrogen (secondary N) is 1. The fourth-order valence-corrected chi connectivity index (χ4v) is 2.05. The van der Waals surface area contributed by atoms with Crippen LogP contribution in [0.5, 0.6) is 5.88 Å². The van der Waals surface area contributed by atoms with Crippen molar-refractivity contribution in [2.75, 3.05) is 13.1 Å². The van der Waals surface area contributed by atoms with Crippen LogP contribution in [-0.2, 0) is 0 Å². The van der Waals surface area contributed by atoms with Crippen LogP contribution in [0, 0.1) is 0 Å². The molecule has 5 heteroatoms. The summed E-state index contributed by atoms with van der Waals surface area (Å²) in [6.45, 7) is 1.87. The highest BCUT2D eigenvalue weighted by Crippen LogP contribution is 2.26. The summed E-state index contributed by atoms with van der Waals surface area (Å²) in [7, 11) is 0. The molecule has 0 saturated carbocycles. The largest absolute Gasteiger partial charge is 0.472 e. The van der Waals surface area contributed by atoms with E-state index in [0.717, 1.165) is 24.0 Å². The minimum atomic E-state index is 0.196. The molecule has 1 unspecified atom stereocenters. The highest BCUT2D eigenvalue weighted by molar-refractivity contribution is 9.10. The number of hydrogen-bond acceptors (Lipinski definition) is 3. The van der Waals surface area contributed by atoms with Crippen molar-refractivity contribution in [2.24, 2.45) is 0 Å². The SMILES string of the molecule is Clc1cc(Br)cnc1OC1CCNC1. The highest BCUT2D eigenvalue weighted by atomic mass is 79.9. The second-order valence-corrected chi connectivity index (χ2v) is 4.50. The first-order valence-electron chi connectivity index (χ1n) is 4.44. The topological polar surface area (TPSA) is 34.1 Å². The van der Waals surface area contributed by atoms with Crippen LogP contribution in [-0.4, -0.2) is 24.2 Å². The van der Waals surface area contributed by atoms with Crippen molar-refractivity contribution in [2.45, 2.75) is 12.5 Å². The molecule has 14 heavy (non-hydrogen) atoms. The number of halogens is 2. The van der Waals surface area contributed by atoms with Crippen molar-refractivity contribution < 1.29 is 4.74 Å². The lowest BCUT2D eigenvalue weighted by Crippen LogP contribution is -2.20. The highest BCUT2D eigenvalue weighted by Gasteiger charge is 2.17. The lowest BCUT2D eigenvalue weighted by atomic mass is 10.3. The molecule has 1 aromatic heterocycles. The zero-order valence-corrected chi connectivity index (χ0v) is 9.81. The smallest absolute Gasteiger partial charge is 0.232 e. The number of rotatable bonds is 2. The Kier molecular flexibility index (Phi) is 3.26. The molecule has 1 saturated heterocycles. The maximum Gasteiger partial charge on any atom is 0.232 e. The van der Waals surface area contributed by atoms with Gasteiger partial charge in [-0.3, -0.25) is 0 Å². The van der Waals surface area contributed by atoms with E-state index in [-0.39, 0.29) is 6.10 Å². The van der Waals surface area contributed by atoms with Crippen LogP contribution in [0.4, 0.5) is 0 Å². The number of hydrogen-bond donors (Lipinski definition) is 1. The third-order valence-electron chi connectivity index (χ3n) is 2.07. The van der Waals surface area contributed by atoms with Gasteiger partial charge in [0.05, 0.1) is 0 Å². The first kappa shape index (κ1) is 10.2. The molecule has 1 atom stereocenters. The van der Waals surface area contributed by atoms with Crippen molar-refractivity contribution >= 4 is 27.5 Å². The van der Waals surface area contributed by atoms with Gasteiger partial charge in [0.15, 0.2) is 0 Å². The summed E-state index contributed by atoms with van der Waals surface area (Å²) in [5.41, 5.74) is 0. The molecule has 1 aliphatic heterocycles. The quantitative estimate of drug-likeness (QED) is 0.900. The Hall–Kier alpha value is -0.320. The average molecular weight is 278 g/mol. The summed E-state index contributed by atoms with van der Waals surface area (Å²) >= 11 is 9.26. The zero-order valence-electron chi connectivity index (χ0n) is 7.46. The lowest BCUT2D eigenvalue weighted by molar-refractivity contribution is 0.214. The van der Waals surface area contributed by atoms with E-state index in [0.29, 0.717) is 10.9 Å². The van der Waals surface area contributed by atoms with E-state index in [2.05, 4.69) is 26.2 Å². The summed E-state index contributed by atoms with van der Waals surface area (Å²) in [6, 6.07) is 1.78. The molecule has 2 heterocycles. The molecule has 2 rings (SSSR count). The van der Waals surface area contributed by atoms with Gasteiger partial charge in [-0.2, -0.15) is 0 Å². The van der Waals surface area contributed by atoms with Gasteiger partial charge in [-0.25, -0.2) is 4.98 Å². The zero-order chi connectivity index (χ0) is 9.97. The monoisotopic (exact) mass is 276 g/mol. The number of aromatic nitrogens is 1. The normalized spacial score (nSPS) is 21.1. The molecule has 1 fully saturated rings. The first-order valence-corrected chi connectivity index (χ1v) is 5.61. The second-order valence-electron chi connectivity index (χ2n) is 3.17. The first-order chi connectivity index (χ1) is 6.75. The summed E-state index contributed by atoms with van der Waals surface area (Å²) < 4.78 is 6.50. The van der Waals surface area contributed by atoms with Crippen molar-refractivity contribution in [3.05, 3.63) is 21.8 Å². The lowest BCUT2D eigenvalue weighted by Gasteiger charge is -2.12. The molecule has 1 aromatic rings. The molecular weight excluding hydrogens is 267 g/mol. The fourth-order valence-electron chi connectivity index (χ4n) is 1.38. The Bertz CT molecular complexity index is 329. The molecule has 76 valence electrons. The summed E-state index contributed by atoms with van der Waals surface area (Å²) in [4.78, 5) is 4.11. The van der Waals surface area contributed by atoms with Gasteiger partial charge in [0.25, 0.3) is 0 Å². The fraction of sp³-hybridized carbons (Fsp3) is 0.444. The van der Waals surface area contributed by atoms with E-state index < -0.39 is 0 Å². The summed E-state index contributed by atoms with van der Waals surface area (Å²) in [6.07, 6.45) is 2.89. The van der Waals surface area contributed by atoms with Crippen LogP contribution in [0.2, 0.25) is 5.02 Å². The predicted octanol–water partition coefficient (Wildman–Crippen LogP) is 2.24. The van der Waals surface area contributed by atoms with E-state index >= 15 is 0 Å². The van der Waals surface area contributed by atoms with Crippen LogP contribution in [0.1, 0.15) is 6.42 Å². The van der Waals surface area contributed by atoms with Gasteiger partial charge in [0.1, 0.15) is 11.1 Å². The summed E-state index contributed by atoms with van der Waals surface area (Å²) in [5.74, 6) is 0.517. The molecule has 0 spiro atoms. The van der Waals surface area contributed by atoms with Gasteiger partial charge in [0.2, 0.25) is 5.88 Å². The van der Waals surface area contributed by atoms with Gasteiger partial charge < -0.3 is 10.1 Å². The minimum Gasteiger partial charge on any atom is -0.472 e. The Balaban J connectivity index is 2.08. The summed E-state index contributed by atoms with van der Waals surface area (Å²) in [5, 5.41) is 3.77. The molecule has 0 bridgehead atoms. The van der Waals surface area contributed by atoms with Crippen molar-refractivity contribution in [3.8, 4) is 5.88 Å². The van der Waals surface area contributed by atoms with Gasteiger partial charge in [-0.15, -0.1) is 0 Å². The maximum absolute atomic E-state index is 5.97. The Morgan fingerprint density at radius 3 is 3.14 bits per heavy atom. The third kappa shape index (κ3) is 2.38. The molecule has 3 nitrogen and oxygen atoms in total. The average Bonchev–Trinajstić information content (AvgIpc) is 2.62. The molecule has 1 N–H and O–H groups in total. The number of nitrogens with zero attached hydrogens (tertiary/aromatic N) is 1. The van der Waals surface area contributed by atoms with Gasteiger partial charge in [0, 0.05) is 17.2 Å². The van der Waals surface area contributed by atoms with Crippen LogP contribution < -0.4 is 10.1 Å². The van der Waals surface area contributed by atoms with E-state index in [9.17, 15) is 0 Å². The minimum absolute atomic E-state index is 0.196. The predicted molar refractivity (Wildman–Crippen MR) is 58.8 cm³/mol. The van der Waals surface area contributed by atoms with Gasteiger partial charge in [-0.05, 0) is 35.0 Å². The maximum atomic E-state index is 5.97. The molecule has 1 aliphatic rings. The van der Waals surface area contributed by atoms with Crippen molar-refractivity contribution in [1.29, 1.82) is 0 Å². The molecule has 0 aromatic carbocycles. The molecule has 0 amide bonds. The van der Waals surface area contributed by atoms with E-state index in [1.807, 2.05) is 0 Å². The molecule has 0 aliphatic carbocycles. The van der Waals surface area contributed by atoms with E-state index in [1.165, 1.54) is 0 Å². The Morgan fingerprint density at radius 2 is 2.50 bits per heavy atom. The van der Waals surface area contributed by atoms with Gasteiger partial charge >= 0.3 is 0 Å². The van der Waals surface area contributed by atoms with Crippen LogP contribution in [0.3, 0.4) is 0 Å². The van der Waals surface area contributed by atoms with Gasteiger partial charge in [-0.1, -0.05) is 11.6 Å². The van der Waals surface area contributed by atoms with E-state index in [4.69, 9.17) is 16.3 Å². The van der Waals surface area contributed by atoms with Crippen LogP contribution in [0.25, 0.3) is 0 Å². The third-order valence-corrected chi connectivity index (χ3v) is 2.77. The second kappa shape index (κ2) is 4.47. The Morgan fingerprint density at radius 1 is 1.64 bits per heavy atom. The molecular formula is C9H10BrClN2O. The van der Waals surface area contributed by atoms with Crippen LogP contribution in [0.15, 0.2) is 16.7 Å². The van der Waals surface area contributed by atoms with E-state index in [1.54, 1.807) is 12.3 Å². The standard InChI is InChI=1S/C9H10BrClN2O/c10-6-3-8(11)9(13-4-6)14-7-1-2-12-5-7/h3-4,7,12H,1-2,5H2. The van der Waals surface area contributed by atoms with Crippen molar-refractivity contribution in [3.63, 3.8) is 0 Å².